The van der Waals surface area contributed by atoms with Crippen LogP contribution >= 0.6 is 7.82 Å². The number of phosphoric acid groups is 1. The van der Waals surface area contributed by atoms with Crippen molar-refractivity contribution in [1.82, 2.24) is 0 Å². The molecule has 0 aliphatic rings. The molecule has 0 aromatic carbocycles. The van der Waals surface area contributed by atoms with Gasteiger partial charge in [-0.1, -0.05) is 91.4 Å². The van der Waals surface area contributed by atoms with Crippen LogP contribution in [0.2, 0.25) is 0 Å². The van der Waals surface area contributed by atoms with Crippen molar-refractivity contribution in [1.29, 1.82) is 0 Å². The van der Waals surface area contributed by atoms with Gasteiger partial charge in [0.05, 0.1) is 6.61 Å². The van der Waals surface area contributed by atoms with Crippen LogP contribution in [0.25, 0.3) is 0 Å². The molecule has 0 radical (unpaired) electrons. The van der Waals surface area contributed by atoms with E-state index < -0.39 is 13.5 Å². The van der Waals surface area contributed by atoms with Gasteiger partial charge >= 0.3 is 7.82 Å². The average molecular weight is 412 g/mol. The SMILES string of the molecule is CCCCCCCCCCCCC(C)C(C)(N)O.CCCCOP(=O)(O)O. The standard InChI is InChI=1S/C16H35NO.C4H11O4P/c1-4-5-6-7-8-9-10-11-12-13-14-15(2)16(3,17)18;1-2-3-4-8-9(5,6)7/h15,18H,4-14,17H2,1-3H3;2-4H2,1H3,(H2,5,6,7). The van der Waals surface area contributed by atoms with Crippen LogP contribution in [0.5, 0.6) is 0 Å². The van der Waals surface area contributed by atoms with Crippen LogP contribution in [0.3, 0.4) is 0 Å². The Morgan fingerprint density at radius 3 is 1.67 bits per heavy atom. The second kappa shape index (κ2) is 18.1. The highest BCUT2D eigenvalue weighted by Crippen LogP contribution is 2.35. The zero-order valence-corrected chi connectivity index (χ0v) is 19.1. The van der Waals surface area contributed by atoms with E-state index in [9.17, 15) is 9.67 Å². The van der Waals surface area contributed by atoms with E-state index in [1.165, 1.54) is 64.2 Å². The van der Waals surface area contributed by atoms with Gasteiger partial charge in [0.2, 0.25) is 0 Å². The summed E-state index contributed by atoms with van der Waals surface area (Å²) in [7, 11) is -4.20. The molecule has 27 heavy (non-hydrogen) atoms. The Morgan fingerprint density at radius 1 is 0.889 bits per heavy atom. The molecule has 2 unspecified atom stereocenters. The molecular weight excluding hydrogens is 365 g/mol. The first-order valence-corrected chi connectivity index (χ1v) is 12.3. The number of aliphatic hydroxyl groups is 1. The van der Waals surface area contributed by atoms with Crippen LogP contribution in [-0.2, 0) is 9.09 Å². The number of hydrogen-bond donors (Lipinski definition) is 4. The molecule has 0 fully saturated rings. The first-order chi connectivity index (χ1) is 12.5. The zero-order valence-electron chi connectivity index (χ0n) is 18.2. The molecule has 0 amide bonds. The normalized spacial score (nSPS) is 15.0. The first kappa shape index (κ1) is 29.2. The molecule has 166 valence electrons. The van der Waals surface area contributed by atoms with Crippen molar-refractivity contribution >= 4 is 7.82 Å². The lowest BCUT2D eigenvalue weighted by Crippen LogP contribution is -2.42. The van der Waals surface area contributed by atoms with Crippen molar-refractivity contribution in [2.45, 2.75) is 117 Å². The van der Waals surface area contributed by atoms with Crippen LogP contribution in [0.1, 0.15) is 111 Å². The molecule has 7 heteroatoms. The Labute approximate surface area is 167 Å². The third kappa shape index (κ3) is 26.0. The lowest BCUT2D eigenvalue weighted by Gasteiger charge is -2.25. The van der Waals surface area contributed by atoms with E-state index in [4.69, 9.17) is 15.5 Å². The molecule has 0 bridgehead atoms. The molecule has 0 aliphatic carbocycles. The van der Waals surface area contributed by atoms with E-state index in [0.29, 0.717) is 6.42 Å². The summed E-state index contributed by atoms with van der Waals surface area (Å²) in [6.45, 7) is 8.06. The Balaban J connectivity index is 0. The predicted molar refractivity (Wildman–Crippen MR) is 113 cm³/mol. The topological polar surface area (TPSA) is 113 Å². The van der Waals surface area contributed by atoms with E-state index in [2.05, 4.69) is 11.4 Å². The Morgan fingerprint density at radius 2 is 1.30 bits per heavy atom. The molecule has 0 heterocycles. The lowest BCUT2D eigenvalue weighted by molar-refractivity contribution is 0.00810. The smallest absolute Gasteiger partial charge is 0.376 e. The van der Waals surface area contributed by atoms with Crippen molar-refractivity contribution in [3.8, 4) is 0 Å². The maximum absolute atomic E-state index is 9.98. The van der Waals surface area contributed by atoms with Gasteiger partial charge in [0.1, 0.15) is 5.72 Å². The largest absolute Gasteiger partial charge is 0.469 e. The summed E-state index contributed by atoms with van der Waals surface area (Å²) in [5.41, 5.74) is 4.65. The summed E-state index contributed by atoms with van der Waals surface area (Å²) in [6.07, 6.45) is 16.2. The van der Waals surface area contributed by atoms with Gasteiger partial charge in [-0.2, -0.15) is 0 Å². The van der Waals surface area contributed by atoms with Crippen molar-refractivity contribution < 1.29 is 24.0 Å². The van der Waals surface area contributed by atoms with Crippen molar-refractivity contribution in [2.75, 3.05) is 6.61 Å². The van der Waals surface area contributed by atoms with Crippen LogP contribution in [-0.4, -0.2) is 27.2 Å². The van der Waals surface area contributed by atoms with Gasteiger partial charge < -0.3 is 20.6 Å². The van der Waals surface area contributed by atoms with Gasteiger partial charge in [-0.05, 0) is 25.7 Å². The number of hydrogen-bond acceptors (Lipinski definition) is 4. The fourth-order valence-corrected chi connectivity index (χ4v) is 2.92. The van der Waals surface area contributed by atoms with Gasteiger partial charge in [0.25, 0.3) is 0 Å². The van der Waals surface area contributed by atoms with Gasteiger partial charge in [0, 0.05) is 0 Å². The lowest BCUT2D eigenvalue weighted by atomic mass is 9.93. The van der Waals surface area contributed by atoms with Crippen LogP contribution in [0, 0.1) is 5.92 Å². The molecule has 5 N–H and O–H groups in total. The van der Waals surface area contributed by atoms with Gasteiger partial charge in [0.15, 0.2) is 0 Å². The fraction of sp³-hybridized carbons (Fsp3) is 1.00. The van der Waals surface area contributed by atoms with E-state index in [1.807, 2.05) is 13.8 Å². The van der Waals surface area contributed by atoms with Crippen molar-refractivity contribution in [3.63, 3.8) is 0 Å². The molecule has 0 aliphatic heterocycles. The molecule has 0 saturated heterocycles. The maximum atomic E-state index is 9.98. The highest BCUT2D eigenvalue weighted by molar-refractivity contribution is 7.46. The summed E-state index contributed by atoms with van der Waals surface area (Å²) in [5, 5.41) is 9.61. The summed E-state index contributed by atoms with van der Waals surface area (Å²) >= 11 is 0. The maximum Gasteiger partial charge on any atom is 0.469 e. The molecule has 0 saturated carbocycles. The summed E-state index contributed by atoms with van der Waals surface area (Å²) in [4.78, 5) is 16.3. The first-order valence-electron chi connectivity index (χ1n) is 10.8. The van der Waals surface area contributed by atoms with E-state index >= 15 is 0 Å². The molecule has 0 rings (SSSR count). The second-order valence-corrected chi connectivity index (χ2v) is 9.01. The van der Waals surface area contributed by atoms with E-state index in [1.54, 1.807) is 6.92 Å². The van der Waals surface area contributed by atoms with Crippen molar-refractivity contribution in [2.24, 2.45) is 11.7 Å². The zero-order chi connectivity index (χ0) is 21.2. The Kier molecular flexibility index (Phi) is 19.6. The van der Waals surface area contributed by atoms with E-state index in [-0.39, 0.29) is 12.5 Å². The number of phosphoric ester groups is 1. The van der Waals surface area contributed by atoms with Gasteiger partial charge in [-0.15, -0.1) is 0 Å². The van der Waals surface area contributed by atoms with Gasteiger partial charge in [-0.3, -0.25) is 4.52 Å². The quantitative estimate of drug-likeness (QED) is 0.152. The molecule has 0 spiro atoms. The minimum Gasteiger partial charge on any atom is -0.376 e. The van der Waals surface area contributed by atoms with Crippen LogP contribution < -0.4 is 5.73 Å². The highest BCUT2D eigenvalue weighted by atomic mass is 31.2. The number of unbranched alkanes of at least 4 members (excludes halogenated alkanes) is 10. The second-order valence-electron chi connectivity index (χ2n) is 7.77. The molecule has 2 atom stereocenters. The van der Waals surface area contributed by atoms with Crippen LogP contribution in [0.15, 0.2) is 0 Å². The van der Waals surface area contributed by atoms with Gasteiger partial charge in [-0.25, -0.2) is 4.57 Å². The Hall–Kier alpha value is 0.0300. The summed E-state index contributed by atoms with van der Waals surface area (Å²) < 4.78 is 14.1. The number of rotatable bonds is 16. The van der Waals surface area contributed by atoms with E-state index in [0.717, 1.165) is 12.8 Å². The minimum absolute atomic E-state index is 0.140. The fourth-order valence-electron chi connectivity index (χ4n) is 2.56. The third-order valence-electron chi connectivity index (χ3n) is 4.75. The molecule has 0 aromatic heterocycles. The number of nitrogens with two attached hydrogens (primary N) is 1. The molecule has 6 nitrogen and oxygen atoms in total. The highest BCUT2D eigenvalue weighted by Gasteiger charge is 2.21. The van der Waals surface area contributed by atoms with Crippen molar-refractivity contribution in [3.05, 3.63) is 0 Å². The predicted octanol–water partition coefficient (Wildman–Crippen LogP) is 5.50. The average Bonchev–Trinajstić information content (AvgIpc) is 2.55. The Bertz CT molecular complexity index is 355. The minimum atomic E-state index is -4.20. The van der Waals surface area contributed by atoms with Crippen LogP contribution in [0.4, 0.5) is 0 Å². The molecule has 0 aromatic rings. The monoisotopic (exact) mass is 411 g/mol. The summed E-state index contributed by atoms with van der Waals surface area (Å²) in [5.74, 6) is 0.201. The summed E-state index contributed by atoms with van der Waals surface area (Å²) in [6, 6.07) is 0. The molecular formula is C20H46NO5P. The third-order valence-corrected chi connectivity index (χ3v) is 5.26.